The number of carbonyl (C=O) groups excluding carboxylic acids is 1. The van der Waals surface area contributed by atoms with Gasteiger partial charge in [0.2, 0.25) is 5.91 Å². The molecule has 0 aromatic heterocycles. The van der Waals surface area contributed by atoms with E-state index in [-0.39, 0.29) is 31.0 Å². The van der Waals surface area contributed by atoms with E-state index in [1.807, 2.05) is 0 Å². The molecule has 0 aliphatic heterocycles. The molecule has 0 spiro atoms. The molecule has 0 aliphatic rings. The van der Waals surface area contributed by atoms with Crippen LogP contribution in [0.3, 0.4) is 0 Å². The first-order valence-corrected chi connectivity index (χ1v) is 4.84. The molecule has 0 saturated carbocycles. The van der Waals surface area contributed by atoms with Gasteiger partial charge < -0.3 is 6.74 Å². The van der Waals surface area contributed by atoms with Crippen LogP contribution in [-0.4, -0.2) is 30.7 Å². The topological polar surface area (TPSA) is 83.5 Å². The number of nitrogens with one attached hydrogen (secondary N) is 1. The Morgan fingerprint density at radius 1 is 1.77 bits per heavy atom. The zero-order valence-corrected chi connectivity index (χ0v) is 10.5. The summed E-state index contributed by atoms with van der Waals surface area (Å²) in [5.41, 5.74) is 0. The number of carbonyl (C=O) groups is 1. The van der Waals surface area contributed by atoms with Crippen LogP contribution in [0.2, 0.25) is 0 Å². The summed E-state index contributed by atoms with van der Waals surface area (Å²) in [7, 11) is -4.03. The van der Waals surface area contributed by atoms with E-state index in [2.05, 4.69) is 11.9 Å². The first-order valence-electron chi connectivity index (χ1n) is 3.23. The minimum absolute atomic E-state index is 0. The Morgan fingerprint density at radius 2 is 2.23 bits per heavy atom. The van der Waals surface area contributed by atoms with E-state index in [9.17, 15) is 13.2 Å². The van der Waals surface area contributed by atoms with E-state index < -0.39 is 27.8 Å². The van der Waals surface area contributed by atoms with Crippen LogP contribution in [0.15, 0.2) is 12.7 Å². The van der Waals surface area contributed by atoms with Gasteiger partial charge in [-0.3, -0.25) is 9.35 Å². The largest absolute Gasteiger partial charge is 1.00 e. The van der Waals surface area contributed by atoms with Gasteiger partial charge in [-0.25, -0.2) is 0 Å². The second-order valence-electron chi connectivity index (χ2n) is 2.36. The van der Waals surface area contributed by atoms with Crippen LogP contribution in [0, 0.1) is 0 Å². The van der Waals surface area contributed by atoms with Gasteiger partial charge in [0.1, 0.15) is 0 Å². The summed E-state index contributed by atoms with van der Waals surface area (Å²) in [5.74, 6) is -0.960. The maximum absolute atomic E-state index is 10.6. The quantitative estimate of drug-likeness (QED) is 0.293. The van der Waals surface area contributed by atoms with Crippen molar-refractivity contribution in [1.82, 2.24) is 5.32 Å². The molecular formula is C6H12NNaO4S. The summed E-state index contributed by atoms with van der Waals surface area (Å²) in [4.78, 5) is 10.6. The van der Waals surface area contributed by atoms with Crippen molar-refractivity contribution < 1.29 is 48.7 Å². The molecule has 1 atom stereocenters. The molecule has 72 valence electrons. The van der Waals surface area contributed by atoms with Crippen LogP contribution >= 0.6 is 0 Å². The summed E-state index contributed by atoms with van der Waals surface area (Å²) in [6.07, 6.45) is 1.03. The van der Waals surface area contributed by atoms with E-state index in [0.29, 0.717) is 0 Å². The van der Waals surface area contributed by atoms with Crippen LogP contribution in [0.4, 0.5) is 0 Å². The monoisotopic (exact) mass is 217 g/mol. The van der Waals surface area contributed by atoms with E-state index in [1.54, 1.807) is 0 Å². The van der Waals surface area contributed by atoms with E-state index in [0.717, 1.165) is 6.08 Å². The fourth-order valence-electron chi connectivity index (χ4n) is 0.659. The Labute approximate surface area is 101 Å². The average Bonchev–Trinajstić information content (AvgIpc) is 1.82. The first kappa shape index (κ1) is 15.6. The molecule has 5 nitrogen and oxygen atoms in total. The van der Waals surface area contributed by atoms with Crippen molar-refractivity contribution in [1.29, 1.82) is 0 Å². The van der Waals surface area contributed by atoms with Crippen molar-refractivity contribution in [3.63, 3.8) is 0 Å². The predicted molar refractivity (Wildman–Crippen MR) is 45.3 cm³/mol. The minimum atomic E-state index is -4.03. The third kappa shape index (κ3) is 10.0. The van der Waals surface area contributed by atoms with Crippen LogP contribution in [-0.2, 0) is 14.9 Å². The molecule has 0 saturated heterocycles. The molecule has 1 unspecified atom stereocenters. The van der Waals surface area contributed by atoms with Crippen LogP contribution < -0.4 is 34.9 Å². The van der Waals surface area contributed by atoms with Gasteiger partial charge in [0, 0.05) is 6.04 Å². The molecular weight excluding hydrogens is 205 g/mol. The number of hydrogen-bond acceptors (Lipinski definition) is 3. The van der Waals surface area contributed by atoms with Crippen LogP contribution in [0.1, 0.15) is 8.35 Å². The van der Waals surface area contributed by atoms with Gasteiger partial charge in [0.15, 0.2) is 0 Å². The van der Waals surface area contributed by atoms with Gasteiger partial charge in [0.25, 0.3) is 10.1 Å². The third-order valence-corrected chi connectivity index (χ3v) is 1.96. The number of hydrogen-bond donors (Lipinski definition) is 2. The number of rotatable bonds is 4. The van der Waals surface area contributed by atoms with Crippen molar-refractivity contribution in [2.45, 2.75) is 13.0 Å². The zero-order chi connectivity index (χ0) is 9.78. The summed E-state index contributed by atoms with van der Waals surface area (Å²) < 4.78 is 28.9. The van der Waals surface area contributed by atoms with Gasteiger partial charge in [-0.2, -0.15) is 8.42 Å². The normalized spacial score (nSPS) is 12.5. The minimum Gasteiger partial charge on any atom is -1.00 e. The van der Waals surface area contributed by atoms with Crippen molar-refractivity contribution >= 4 is 16.0 Å². The second kappa shape index (κ2) is 6.56. The molecule has 13 heavy (non-hydrogen) atoms. The Hall–Kier alpha value is 0.120. The van der Waals surface area contributed by atoms with E-state index in [4.69, 9.17) is 4.55 Å². The molecule has 2 N–H and O–H groups in total. The molecule has 0 rings (SSSR count). The van der Waals surface area contributed by atoms with E-state index >= 15 is 0 Å². The molecule has 0 heterocycles. The Balaban J connectivity index is -0.000000605. The molecule has 0 fully saturated rings. The second-order valence-corrected chi connectivity index (χ2v) is 3.86. The molecule has 0 aromatic carbocycles. The van der Waals surface area contributed by atoms with Crippen molar-refractivity contribution in [2.75, 3.05) is 5.75 Å². The Kier molecular flexibility index (Phi) is 7.86. The maximum Gasteiger partial charge on any atom is 1.00 e. The SMILES string of the molecule is C=CC(=O)NC(C)CS(=O)(=O)O.[H-].[Na+]. The number of amides is 1. The molecule has 1 amide bonds. The molecule has 0 bridgehead atoms. The molecule has 0 aliphatic carbocycles. The van der Waals surface area contributed by atoms with E-state index in [1.165, 1.54) is 6.92 Å². The first-order chi connectivity index (χ1) is 5.35. The maximum atomic E-state index is 10.6. The van der Waals surface area contributed by atoms with Gasteiger partial charge in [-0.1, -0.05) is 6.58 Å². The van der Waals surface area contributed by atoms with Crippen molar-refractivity contribution in [3.05, 3.63) is 12.7 Å². The Morgan fingerprint density at radius 3 is 2.54 bits per heavy atom. The fraction of sp³-hybridized carbons (Fsp3) is 0.500. The summed E-state index contributed by atoms with van der Waals surface area (Å²) in [6, 6.07) is -0.620. The van der Waals surface area contributed by atoms with Gasteiger partial charge in [-0.15, -0.1) is 0 Å². The van der Waals surface area contributed by atoms with Crippen LogP contribution in [0.25, 0.3) is 0 Å². The standard InChI is InChI=1S/C6H11NO4S.Na.H/c1-3-6(8)7-5(2)4-12(9,10)11;;/h3,5H,1,4H2,2H3,(H,7,8)(H,9,10,11);;/q;+1;-1. The molecule has 0 radical (unpaired) electrons. The summed E-state index contributed by atoms with van der Waals surface area (Å²) in [5, 5.41) is 2.29. The van der Waals surface area contributed by atoms with Crippen molar-refractivity contribution in [2.24, 2.45) is 0 Å². The van der Waals surface area contributed by atoms with Crippen molar-refractivity contribution in [3.8, 4) is 0 Å². The summed E-state index contributed by atoms with van der Waals surface area (Å²) in [6.45, 7) is 4.65. The Bertz CT molecular complexity index is 280. The fourth-order valence-corrected chi connectivity index (χ4v) is 1.37. The predicted octanol–water partition coefficient (Wildman–Crippen LogP) is -3.32. The third-order valence-electron chi connectivity index (χ3n) is 1.03. The smallest absolute Gasteiger partial charge is 1.00 e. The molecule has 7 heteroatoms. The van der Waals surface area contributed by atoms with Gasteiger partial charge in [0.05, 0.1) is 5.75 Å². The van der Waals surface area contributed by atoms with Gasteiger partial charge >= 0.3 is 29.6 Å². The van der Waals surface area contributed by atoms with Gasteiger partial charge in [-0.05, 0) is 13.0 Å². The zero-order valence-electron chi connectivity index (χ0n) is 8.65. The average molecular weight is 217 g/mol. The summed E-state index contributed by atoms with van der Waals surface area (Å²) >= 11 is 0. The van der Waals surface area contributed by atoms with Crippen LogP contribution in [0.5, 0.6) is 0 Å². The molecule has 0 aromatic rings.